The molecule has 0 unspecified atom stereocenters. The largest absolute Gasteiger partial charge is 0.409 e. The van der Waals surface area contributed by atoms with Gasteiger partial charge in [0.25, 0.3) is 10.0 Å². The van der Waals surface area contributed by atoms with Crippen molar-refractivity contribution in [3.63, 3.8) is 0 Å². The van der Waals surface area contributed by atoms with Crippen molar-refractivity contribution in [1.29, 1.82) is 0 Å². The Bertz CT molecular complexity index is 1000. The first-order valence-corrected chi connectivity index (χ1v) is 9.01. The van der Waals surface area contributed by atoms with Gasteiger partial charge in [-0.3, -0.25) is 4.98 Å². The molecule has 0 radical (unpaired) electrons. The summed E-state index contributed by atoms with van der Waals surface area (Å²) in [7, 11) is -3.66. The van der Waals surface area contributed by atoms with Gasteiger partial charge in [0.05, 0.1) is 6.20 Å². The van der Waals surface area contributed by atoms with Crippen LogP contribution in [0.25, 0.3) is 5.65 Å². The Morgan fingerprint density at radius 1 is 1.23 bits per heavy atom. The number of alkyl halides is 3. The van der Waals surface area contributed by atoms with Gasteiger partial charge in [-0.25, -0.2) is 13.4 Å². The van der Waals surface area contributed by atoms with Crippen LogP contribution in [0.1, 0.15) is 11.6 Å². The van der Waals surface area contributed by atoms with E-state index >= 15 is 0 Å². The fraction of sp³-hybridized carbons (Fsp3) is 0.200. The molecule has 0 fully saturated rings. The van der Waals surface area contributed by atoms with E-state index in [1.165, 1.54) is 35.1 Å². The summed E-state index contributed by atoms with van der Waals surface area (Å²) in [5.74, 6) is 0. The van der Waals surface area contributed by atoms with Gasteiger partial charge in [-0.05, 0) is 17.7 Å². The van der Waals surface area contributed by atoms with Crippen LogP contribution in [0.15, 0.2) is 54.1 Å². The van der Waals surface area contributed by atoms with E-state index in [9.17, 15) is 21.6 Å². The Balaban J connectivity index is 2.07. The normalized spacial score (nSPS) is 14.1. The smallest absolute Gasteiger partial charge is 0.303 e. The molecule has 3 rings (SSSR count). The lowest BCUT2D eigenvalue weighted by atomic mass is 10.1. The summed E-state index contributed by atoms with van der Waals surface area (Å²) in [5, 5.41) is -0.260. The van der Waals surface area contributed by atoms with Crippen LogP contribution in [0, 0.1) is 0 Å². The highest BCUT2D eigenvalue weighted by Crippen LogP contribution is 2.39. The molecule has 2 aromatic heterocycles. The van der Waals surface area contributed by atoms with Crippen molar-refractivity contribution in [3.8, 4) is 0 Å². The summed E-state index contributed by atoms with van der Waals surface area (Å²) in [6.07, 6.45) is 0.455. The van der Waals surface area contributed by atoms with Gasteiger partial charge in [-0.15, -0.1) is 0 Å². The maximum atomic E-state index is 13.6. The third-order valence-corrected chi connectivity index (χ3v) is 5.69. The van der Waals surface area contributed by atoms with Crippen molar-refractivity contribution >= 4 is 27.3 Å². The zero-order valence-electron chi connectivity index (χ0n) is 13.2. The second kappa shape index (κ2) is 6.53. The van der Waals surface area contributed by atoms with Gasteiger partial charge in [0.2, 0.25) is 0 Å². The van der Waals surface area contributed by atoms with Gasteiger partial charge in [-0.1, -0.05) is 23.7 Å². The summed E-state index contributed by atoms with van der Waals surface area (Å²) >= 11 is 5.71. The first kappa shape index (κ1) is 18.6. The van der Waals surface area contributed by atoms with Crippen molar-refractivity contribution in [2.45, 2.75) is 17.2 Å². The second-order valence-electron chi connectivity index (χ2n) is 5.44. The highest BCUT2D eigenvalue weighted by atomic mass is 35.5. The number of rotatable bonds is 4. The van der Waals surface area contributed by atoms with E-state index < -0.39 is 27.3 Å². The molecule has 0 spiro atoms. The quantitative estimate of drug-likeness (QED) is 0.669. The zero-order valence-corrected chi connectivity index (χ0v) is 14.8. The zero-order chi connectivity index (χ0) is 19.1. The van der Waals surface area contributed by atoms with Gasteiger partial charge in [0.15, 0.2) is 10.7 Å². The predicted molar refractivity (Wildman–Crippen MR) is 88.2 cm³/mol. The molecule has 138 valence electrons. The van der Waals surface area contributed by atoms with Crippen molar-refractivity contribution in [1.82, 2.24) is 18.7 Å². The number of halogens is 4. The lowest BCUT2D eigenvalue weighted by Crippen LogP contribution is -2.39. The molecule has 26 heavy (non-hydrogen) atoms. The first-order valence-electron chi connectivity index (χ1n) is 7.19. The number of fused-ring (bicyclic) bond motifs is 1. The minimum atomic E-state index is -4.84. The molecular weight excluding hydrogens is 393 g/mol. The SMILES string of the molecule is CN([C@H](c1ccc(Cl)cc1)C(F)(F)F)S(=O)(=O)c1cn2ccncc2n1. The molecule has 0 bridgehead atoms. The first-order chi connectivity index (χ1) is 12.1. The van der Waals surface area contributed by atoms with Crippen LogP contribution >= 0.6 is 11.6 Å². The van der Waals surface area contributed by atoms with E-state index in [1.807, 2.05) is 0 Å². The topological polar surface area (TPSA) is 67.6 Å². The molecule has 0 saturated heterocycles. The van der Waals surface area contributed by atoms with E-state index in [0.717, 1.165) is 25.4 Å². The monoisotopic (exact) mass is 404 g/mol. The minimum absolute atomic E-state index is 0.203. The maximum absolute atomic E-state index is 13.6. The number of hydrogen-bond acceptors (Lipinski definition) is 4. The summed E-state index contributed by atoms with van der Waals surface area (Å²) in [5.41, 5.74) is -0.0482. The Morgan fingerprint density at radius 2 is 1.88 bits per heavy atom. The lowest BCUT2D eigenvalue weighted by molar-refractivity contribution is -0.171. The second-order valence-corrected chi connectivity index (χ2v) is 7.82. The standard InChI is InChI=1S/C15H12ClF3N4O2S/c1-22(14(15(17,18)19)10-2-4-11(16)5-3-10)26(24,25)13-9-23-7-6-20-8-12(23)21-13/h2-9,14H,1H3/t14-/m1/s1. The lowest BCUT2D eigenvalue weighted by Gasteiger charge is -2.29. The van der Waals surface area contributed by atoms with Crippen LogP contribution in [0.2, 0.25) is 5.02 Å². The van der Waals surface area contributed by atoms with Gasteiger partial charge in [0.1, 0.15) is 6.04 Å². The molecule has 0 aliphatic carbocycles. The average Bonchev–Trinajstić information content (AvgIpc) is 3.00. The van der Waals surface area contributed by atoms with Gasteiger partial charge in [0, 0.05) is 30.7 Å². The minimum Gasteiger partial charge on any atom is -0.303 e. The number of aromatic nitrogens is 3. The van der Waals surface area contributed by atoms with Crippen LogP contribution in [0.4, 0.5) is 13.2 Å². The van der Waals surface area contributed by atoms with Crippen LogP contribution in [0.3, 0.4) is 0 Å². The van der Waals surface area contributed by atoms with Crippen molar-refractivity contribution in [2.75, 3.05) is 7.05 Å². The van der Waals surface area contributed by atoms with Crippen molar-refractivity contribution in [2.24, 2.45) is 0 Å². The highest BCUT2D eigenvalue weighted by Gasteiger charge is 2.48. The fourth-order valence-electron chi connectivity index (χ4n) is 2.48. The molecule has 0 aliphatic rings. The number of hydrogen-bond donors (Lipinski definition) is 0. The molecule has 0 amide bonds. The van der Waals surface area contributed by atoms with Gasteiger partial charge < -0.3 is 4.40 Å². The average molecular weight is 405 g/mol. The molecule has 0 N–H and O–H groups in total. The van der Waals surface area contributed by atoms with E-state index in [-0.39, 0.29) is 20.5 Å². The number of imidazole rings is 1. The molecule has 1 atom stereocenters. The third-order valence-electron chi connectivity index (χ3n) is 3.74. The third kappa shape index (κ3) is 3.39. The van der Waals surface area contributed by atoms with E-state index in [0.29, 0.717) is 0 Å². The fourth-order valence-corrected chi connectivity index (χ4v) is 3.88. The summed E-state index contributed by atoms with van der Waals surface area (Å²) < 4.78 is 68.0. The van der Waals surface area contributed by atoms with Crippen molar-refractivity contribution < 1.29 is 21.6 Å². The van der Waals surface area contributed by atoms with Crippen molar-refractivity contribution in [3.05, 3.63) is 59.6 Å². The Labute approximate surface area is 151 Å². The number of sulfonamides is 1. The predicted octanol–water partition coefficient (Wildman–Crippen LogP) is 3.31. The van der Waals surface area contributed by atoms with Crippen LogP contribution in [-0.4, -0.2) is 40.3 Å². The van der Waals surface area contributed by atoms with Crippen LogP contribution in [-0.2, 0) is 10.0 Å². The Kier molecular flexibility index (Phi) is 4.67. The van der Waals surface area contributed by atoms with E-state index in [1.54, 1.807) is 0 Å². The highest BCUT2D eigenvalue weighted by molar-refractivity contribution is 7.89. The molecule has 0 aliphatic heterocycles. The molecule has 2 heterocycles. The molecule has 1 aromatic carbocycles. The molecule has 3 aromatic rings. The van der Waals surface area contributed by atoms with E-state index in [4.69, 9.17) is 11.6 Å². The van der Waals surface area contributed by atoms with E-state index in [2.05, 4.69) is 9.97 Å². The Hall–Kier alpha value is -2.17. The molecular formula is C15H12ClF3N4O2S. The number of benzene rings is 1. The maximum Gasteiger partial charge on any atom is 0.409 e. The summed E-state index contributed by atoms with van der Waals surface area (Å²) in [4.78, 5) is 7.66. The molecule has 11 heteroatoms. The molecule has 0 saturated carbocycles. The van der Waals surface area contributed by atoms with Gasteiger partial charge >= 0.3 is 6.18 Å². The summed E-state index contributed by atoms with van der Waals surface area (Å²) in [6.45, 7) is 0. The van der Waals surface area contributed by atoms with Gasteiger partial charge in [-0.2, -0.15) is 17.5 Å². The van der Waals surface area contributed by atoms with Crippen LogP contribution < -0.4 is 0 Å². The summed E-state index contributed by atoms with van der Waals surface area (Å²) in [6, 6.07) is 2.44. The molecule has 6 nitrogen and oxygen atoms in total. The van der Waals surface area contributed by atoms with Crippen LogP contribution in [0.5, 0.6) is 0 Å². The Morgan fingerprint density at radius 3 is 2.46 bits per heavy atom. The number of nitrogens with zero attached hydrogens (tertiary/aromatic N) is 4.